The fourth-order valence-electron chi connectivity index (χ4n) is 2.39. The number of amides is 1. The van der Waals surface area contributed by atoms with Crippen LogP contribution in [-0.2, 0) is 4.79 Å². The molecule has 2 aromatic carbocycles. The van der Waals surface area contributed by atoms with Gasteiger partial charge in [-0.3, -0.25) is 4.79 Å². The van der Waals surface area contributed by atoms with Crippen LogP contribution in [0, 0.1) is 0 Å². The summed E-state index contributed by atoms with van der Waals surface area (Å²) >= 11 is 1.33. The first-order valence-electron chi connectivity index (χ1n) is 8.31. The van der Waals surface area contributed by atoms with E-state index in [0.717, 1.165) is 22.4 Å². The van der Waals surface area contributed by atoms with Crippen LogP contribution in [0.3, 0.4) is 0 Å². The molecule has 3 rings (SSSR count). The molecule has 0 aliphatic heterocycles. The van der Waals surface area contributed by atoms with Crippen LogP contribution in [0.5, 0.6) is 0 Å². The molecule has 0 bridgehead atoms. The molecule has 0 unspecified atom stereocenters. The lowest BCUT2D eigenvalue weighted by molar-refractivity contribution is -0.120. The molecule has 0 saturated heterocycles. The SMILES string of the molecule is C=CCNC(=O)[C@H](C)Sc1nc(Nc2ccccc2)c2ccccc2n1. The van der Waals surface area contributed by atoms with E-state index in [-0.39, 0.29) is 11.2 Å². The van der Waals surface area contributed by atoms with E-state index in [1.807, 2.05) is 61.5 Å². The summed E-state index contributed by atoms with van der Waals surface area (Å²) in [6.45, 7) is 5.89. The number of hydrogen-bond acceptors (Lipinski definition) is 5. The molecule has 2 N–H and O–H groups in total. The smallest absolute Gasteiger partial charge is 0.233 e. The summed E-state index contributed by atoms with van der Waals surface area (Å²) in [6, 6.07) is 17.7. The van der Waals surface area contributed by atoms with Crippen molar-refractivity contribution in [2.24, 2.45) is 0 Å². The van der Waals surface area contributed by atoms with Gasteiger partial charge in [-0.25, -0.2) is 9.97 Å². The van der Waals surface area contributed by atoms with Crippen molar-refractivity contribution < 1.29 is 4.79 Å². The average Bonchev–Trinajstić information content (AvgIpc) is 2.67. The van der Waals surface area contributed by atoms with Gasteiger partial charge in [0, 0.05) is 17.6 Å². The molecule has 1 aromatic heterocycles. The predicted octanol–water partition coefficient (Wildman–Crippen LogP) is 4.16. The third-order valence-corrected chi connectivity index (χ3v) is 4.65. The highest BCUT2D eigenvalue weighted by Gasteiger charge is 2.17. The van der Waals surface area contributed by atoms with E-state index in [2.05, 4.69) is 27.2 Å². The highest BCUT2D eigenvalue weighted by atomic mass is 32.2. The van der Waals surface area contributed by atoms with Gasteiger partial charge in [-0.05, 0) is 31.2 Å². The van der Waals surface area contributed by atoms with Crippen molar-refractivity contribution >= 4 is 40.1 Å². The number of para-hydroxylation sites is 2. The molecule has 0 aliphatic rings. The Morgan fingerprint density at radius 3 is 2.65 bits per heavy atom. The van der Waals surface area contributed by atoms with Crippen LogP contribution in [0.15, 0.2) is 72.4 Å². The van der Waals surface area contributed by atoms with Crippen LogP contribution in [0.4, 0.5) is 11.5 Å². The van der Waals surface area contributed by atoms with Gasteiger partial charge in [0.1, 0.15) is 5.82 Å². The maximum Gasteiger partial charge on any atom is 0.233 e. The van der Waals surface area contributed by atoms with Crippen molar-refractivity contribution in [2.75, 3.05) is 11.9 Å². The highest BCUT2D eigenvalue weighted by Crippen LogP contribution is 2.28. The molecule has 1 atom stereocenters. The van der Waals surface area contributed by atoms with Crippen LogP contribution in [0.1, 0.15) is 6.92 Å². The van der Waals surface area contributed by atoms with Crippen molar-refractivity contribution in [3.8, 4) is 0 Å². The summed E-state index contributed by atoms with van der Waals surface area (Å²) in [5.41, 5.74) is 1.78. The number of fused-ring (bicyclic) bond motifs is 1. The van der Waals surface area contributed by atoms with Gasteiger partial charge in [0.2, 0.25) is 5.91 Å². The normalized spacial score (nSPS) is 11.7. The molecule has 0 aliphatic carbocycles. The second-order valence-electron chi connectivity index (χ2n) is 5.66. The zero-order chi connectivity index (χ0) is 18.4. The summed E-state index contributed by atoms with van der Waals surface area (Å²) in [7, 11) is 0. The average molecular weight is 364 g/mol. The maximum atomic E-state index is 12.1. The Morgan fingerprint density at radius 1 is 1.15 bits per heavy atom. The third-order valence-electron chi connectivity index (χ3n) is 3.69. The van der Waals surface area contributed by atoms with Crippen LogP contribution < -0.4 is 10.6 Å². The van der Waals surface area contributed by atoms with Crippen molar-refractivity contribution in [3.05, 3.63) is 67.3 Å². The Morgan fingerprint density at radius 2 is 1.88 bits per heavy atom. The number of nitrogens with one attached hydrogen (secondary N) is 2. The predicted molar refractivity (Wildman–Crippen MR) is 108 cm³/mol. The van der Waals surface area contributed by atoms with Gasteiger partial charge in [-0.1, -0.05) is 48.2 Å². The van der Waals surface area contributed by atoms with E-state index in [1.54, 1.807) is 6.08 Å². The summed E-state index contributed by atoms with van der Waals surface area (Å²) < 4.78 is 0. The topological polar surface area (TPSA) is 66.9 Å². The summed E-state index contributed by atoms with van der Waals surface area (Å²) in [4.78, 5) is 21.3. The van der Waals surface area contributed by atoms with Crippen LogP contribution in [-0.4, -0.2) is 27.7 Å². The van der Waals surface area contributed by atoms with Crippen LogP contribution in [0.25, 0.3) is 10.9 Å². The number of hydrogen-bond donors (Lipinski definition) is 2. The molecular formula is C20H20N4OS. The van der Waals surface area contributed by atoms with E-state index < -0.39 is 0 Å². The second kappa shape index (κ2) is 8.49. The standard InChI is InChI=1S/C20H20N4OS/c1-3-13-21-19(25)14(2)26-20-23-17-12-8-7-11-16(17)18(24-20)22-15-9-5-4-6-10-15/h3-12,14H,1,13H2,2H3,(H,21,25)(H,22,23,24)/t14-/m0/s1. The number of rotatable bonds is 7. The minimum atomic E-state index is -0.305. The van der Waals surface area contributed by atoms with Gasteiger partial charge in [-0.2, -0.15) is 0 Å². The minimum absolute atomic E-state index is 0.0655. The molecular weight excluding hydrogens is 344 g/mol. The molecule has 0 spiro atoms. The fourth-order valence-corrected chi connectivity index (χ4v) is 3.19. The van der Waals surface area contributed by atoms with E-state index in [4.69, 9.17) is 0 Å². The van der Waals surface area contributed by atoms with Crippen molar-refractivity contribution in [3.63, 3.8) is 0 Å². The number of anilines is 2. The van der Waals surface area contributed by atoms with E-state index in [1.165, 1.54) is 11.8 Å². The molecule has 26 heavy (non-hydrogen) atoms. The zero-order valence-corrected chi connectivity index (χ0v) is 15.3. The lowest BCUT2D eigenvalue weighted by Crippen LogP contribution is -2.31. The van der Waals surface area contributed by atoms with E-state index >= 15 is 0 Å². The van der Waals surface area contributed by atoms with Gasteiger partial charge in [0.05, 0.1) is 10.8 Å². The van der Waals surface area contributed by atoms with Gasteiger partial charge < -0.3 is 10.6 Å². The Labute approximate surface area is 156 Å². The van der Waals surface area contributed by atoms with E-state index in [9.17, 15) is 4.79 Å². The molecule has 0 fully saturated rings. The Kier molecular flexibility index (Phi) is 5.86. The number of nitrogens with zero attached hydrogens (tertiary/aromatic N) is 2. The monoisotopic (exact) mass is 364 g/mol. The van der Waals surface area contributed by atoms with Crippen LogP contribution >= 0.6 is 11.8 Å². The first-order valence-corrected chi connectivity index (χ1v) is 9.19. The zero-order valence-electron chi connectivity index (χ0n) is 14.5. The molecule has 1 amide bonds. The third kappa shape index (κ3) is 4.40. The molecule has 1 heterocycles. The molecule has 0 saturated carbocycles. The second-order valence-corrected chi connectivity index (χ2v) is 6.96. The van der Waals surface area contributed by atoms with Crippen LogP contribution in [0.2, 0.25) is 0 Å². The van der Waals surface area contributed by atoms with Crippen molar-refractivity contribution in [1.82, 2.24) is 15.3 Å². The largest absolute Gasteiger partial charge is 0.352 e. The molecule has 0 radical (unpaired) electrons. The maximum absolute atomic E-state index is 12.1. The van der Waals surface area contributed by atoms with Crippen molar-refractivity contribution in [1.29, 1.82) is 0 Å². The Hall–Kier alpha value is -2.86. The molecule has 5 nitrogen and oxygen atoms in total. The number of thioether (sulfide) groups is 1. The minimum Gasteiger partial charge on any atom is -0.352 e. The number of benzene rings is 2. The molecule has 6 heteroatoms. The molecule has 132 valence electrons. The number of carbonyl (C=O) groups excluding carboxylic acids is 1. The number of aromatic nitrogens is 2. The first-order chi connectivity index (χ1) is 12.7. The van der Waals surface area contributed by atoms with Gasteiger partial charge in [-0.15, -0.1) is 6.58 Å². The Bertz CT molecular complexity index is 914. The quantitative estimate of drug-likeness (QED) is 0.374. The van der Waals surface area contributed by atoms with E-state index in [0.29, 0.717) is 11.7 Å². The lowest BCUT2D eigenvalue weighted by Gasteiger charge is -2.13. The summed E-state index contributed by atoms with van der Waals surface area (Å²) in [5, 5.41) is 7.33. The fraction of sp³-hybridized carbons (Fsp3) is 0.150. The number of carbonyl (C=O) groups is 1. The van der Waals surface area contributed by atoms with Crippen molar-refractivity contribution in [2.45, 2.75) is 17.3 Å². The Balaban J connectivity index is 1.89. The summed E-state index contributed by atoms with van der Waals surface area (Å²) in [5.74, 6) is 0.659. The van der Waals surface area contributed by atoms with Gasteiger partial charge in [0.15, 0.2) is 5.16 Å². The first kappa shape index (κ1) is 17.9. The summed E-state index contributed by atoms with van der Waals surface area (Å²) in [6.07, 6.45) is 1.66. The molecule has 3 aromatic rings. The van der Waals surface area contributed by atoms with Gasteiger partial charge >= 0.3 is 0 Å². The highest BCUT2D eigenvalue weighted by molar-refractivity contribution is 8.00. The van der Waals surface area contributed by atoms with Gasteiger partial charge in [0.25, 0.3) is 0 Å². The lowest BCUT2D eigenvalue weighted by atomic mass is 10.2.